The Kier molecular flexibility index (Phi) is 3.03. The van der Waals surface area contributed by atoms with E-state index in [1.54, 1.807) is 12.1 Å². The zero-order valence-electron chi connectivity index (χ0n) is 8.36. The number of hydrogen-bond acceptors (Lipinski definition) is 4. The summed E-state index contributed by atoms with van der Waals surface area (Å²) in [4.78, 5) is 11.0. The van der Waals surface area contributed by atoms with Gasteiger partial charge in [-0.15, -0.1) is 0 Å². The van der Waals surface area contributed by atoms with Crippen molar-refractivity contribution in [1.82, 2.24) is 5.43 Å². The van der Waals surface area contributed by atoms with Gasteiger partial charge in [-0.2, -0.15) is 0 Å². The van der Waals surface area contributed by atoms with E-state index in [2.05, 4.69) is 0 Å². The highest BCUT2D eigenvalue weighted by Gasteiger charge is 2.21. The van der Waals surface area contributed by atoms with Crippen molar-refractivity contribution in [3.05, 3.63) is 23.7 Å². The van der Waals surface area contributed by atoms with E-state index in [0.717, 1.165) is 12.5 Å². The zero-order valence-corrected chi connectivity index (χ0v) is 8.36. The maximum absolute atomic E-state index is 11.0. The molecule has 15 heavy (non-hydrogen) atoms. The van der Waals surface area contributed by atoms with E-state index in [4.69, 9.17) is 15.0 Å². The molecule has 1 aliphatic rings. The fourth-order valence-corrected chi connectivity index (χ4v) is 1.26. The average Bonchev–Trinajstić information content (AvgIpc) is 2.94. The van der Waals surface area contributed by atoms with Crippen LogP contribution in [0.3, 0.4) is 0 Å². The summed E-state index contributed by atoms with van der Waals surface area (Å²) in [6.45, 7) is 1.19. The van der Waals surface area contributed by atoms with E-state index < -0.39 is 5.91 Å². The Morgan fingerprint density at radius 2 is 2.40 bits per heavy atom. The number of nitrogen functional groups attached to an aromatic ring is 1. The quantitative estimate of drug-likeness (QED) is 0.428. The van der Waals surface area contributed by atoms with Crippen molar-refractivity contribution < 1.29 is 13.9 Å². The van der Waals surface area contributed by atoms with Gasteiger partial charge >= 0.3 is 5.91 Å². The second kappa shape index (κ2) is 4.46. The molecule has 0 radical (unpaired) electrons. The molecule has 1 heterocycles. The molecule has 3 N–H and O–H groups in total. The first-order chi connectivity index (χ1) is 7.29. The van der Waals surface area contributed by atoms with Gasteiger partial charge in [0.05, 0.1) is 0 Å². The van der Waals surface area contributed by atoms with Crippen molar-refractivity contribution in [2.24, 2.45) is 11.8 Å². The molecule has 0 atom stereocenters. The van der Waals surface area contributed by atoms with Crippen LogP contribution < -0.4 is 11.3 Å². The second-order valence-corrected chi connectivity index (χ2v) is 3.70. The Hall–Kier alpha value is -1.33. The fourth-order valence-electron chi connectivity index (χ4n) is 1.26. The molecular formula is C10H14N2O3. The highest BCUT2D eigenvalue weighted by Crippen LogP contribution is 2.29. The molecule has 0 spiro atoms. The van der Waals surface area contributed by atoms with Gasteiger partial charge in [-0.1, -0.05) is 0 Å². The zero-order chi connectivity index (χ0) is 10.7. The predicted octanol–water partition coefficient (Wildman–Crippen LogP) is 0.810. The number of amides is 1. The number of hydrazine groups is 1. The van der Waals surface area contributed by atoms with Crippen LogP contribution in [0.25, 0.3) is 0 Å². The Morgan fingerprint density at radius 3 is 3.07 bits per heavy atom. The summed E-state index contributed by atoms with van der Waals surface area (Å²) in [5.41, 5.74) is 2.01. The first-order valence-electron chi connectivity index (χ1n) is 4.97. The number of rotatable bonds is 5. The van der Waals surface area contributed by atoms with Gasteiger partial charge in [0.1, 0.15) is 12.4 Å². The highest BCUT2D eigenvalue weighted by atomic mass is 16.5. The normalized spacial score (nSPS) is 15.3. The third kappa shape index (κ3) is 2.81. The summed E-state index contributed by atoms with van der Waals surface area (Å²) in [7, 11) is 0. The molecule has 1 fully saturated rings. The molecule has 1 aromatic heterocycles. The van der Waals surface area contributed by atoms with Gasteiger partial charge in [-0.05, 0) is 30.9 Å². The maximum atomic E-state index is 11.0. The lowest BCUT2D eigenvalue weighted by atomic mass is 10.4. The standard InChI is InChI=1S/C10H14N2O3/c11-12-10(13)9-4-3-8(15-9)6-14-5-7-1-2-7/h3-4,7H,1-2,5-6,11H2,(H,12,13). The van der Waals surface area contributed by atoms with Crippen LogP contribution in [-0.4, -0.2) is 12.5 Å². The summed E-state index contributed by atoms with van der Waals surface area (Å²) < 4.78 is 10.6. The number of furan rings is 1. The molecule has 82 valence electrons. The smallest absolute Gasteiger partial charge is 0.300 e. The van der Waals surface area contributed by atoms with Crippen molar-refractivity contribution in [1.29, 1.82) is 0 Å². The summed E-state index contributed by atoms with van der Waals surface area (Å²) in [6, 6.07) is 3.30. The molecule has 1 aromatic rings. The number of nitrogens with one attached hydrogen (secondary N) is 1. The first-order valence-corrected chi connectivity index (χ1v) is 4.97. The Balaban J connectivity index is 1.80. The second-order valence-electron chi connectivity index (χ2n) is 3.70. The molecule has 5 nitrogen and oxygen atoms in total. The average molecular weight is 210 g/mol. The van der Waals surface area contributed by atoms with Crippen LogP contribution >= 0.6 is 0 Å². The maximum Gasteiger partial charge on any atom is 0.300 e. The lowest BCUT2D eigenvalue weighted by molar-refractivity contribution is 0.0875. The van der Waals surface area contributed by atoms with E-state index in [9.17, 15) is 4.79 Å². The number of carbonyl (C=O) groups excluding carboxylic acids is 1. The van der Waals surface area contributed by atoms with Crippen LogP contribution in [0.5, 0.6) is 0 Å². The number of ether oxygens (including phenoxy) is 1. The van der Waals surface area contributed by atoms with Gasteiger partial charge in [0.15, 0.2) is 5.76 Å². The molecule has 0 aliphatic heterocycles. The number of nitrogens with two attached hydrogens (primary N) is 1. The molecule has 0 unspecified atom stereocenters. The van der Waals surface area contributed by atoms with Gasteiger partial charge in [0.25, 0.3) is 0 Å². The van der Waals surface area contributed by atoms with Crippen LogP contribution in [0.15, 0.2) is 16.5 Å². The minimum atomic E-state index is -0.427. The van der Waals surface area contributed by atoms with Crippen molar-refractivity contribution >= 4 is 5.91 Å². The Morgan fingerprint density at radius 1 is 1.60 bits per heavy atom. The Bertz CT molecular complexity index is 344. The summed E-state index contributed by atoms with van der Waals surface area (Å²) >= 11 is 0. The molecule has 1 aliphatic carbocycles. The summed E-state index contributed by atoms with van der Waals surface area (Å²) in [6.07, 6.45) is 2.53. The van der Waals surface area contributed by atoms with Crippen LogP contribution in [0.4, 0.5) is 0 Å². The molecule has 1 saturated carbocycles. The molecule has 5 heteroatoms. The first kappa shape index (κ1) is 10.2. The van der Waals surface area contributed by atoms with Crippen molar-refractivity contribution in [2.75, 3.05) is 6.61 Å². The van der Waals surface area contributed by atoms with Crippen LogP contribution in [0.1, 0.15) is 29.2 Å². The van der Waals surface area contributed by atoms with Crippen LogP contribution in [-0.2, 0) is 11.3 Å². The van der Waals surface area contributed by atoms with Crippen molar-refractivity contribution in [2.45, 2.75) is 19.4 Å². The van der Waals surface area contributed by atoms with E-state index in [1.807, 2.05) is 5.43 Å². The van der Waals surface area contributed by atoms with Crippen LogP contribution in [0, 0.1) is 5.92 Å². The molecule has 2 rings (SSSR count). The topological polar surface area (TPSA) is 77.5 Å². The number of hydrogen-bond donors (Lipinski definition) is 2. The van der Waals surface area contributed by atoms with Gasteiger partial charge < -0.3 is 9.15 Å². The van der Waals surface area contributed by atoms with Gasteiger partial charge in [0, 0.05) is 6.61 Å². The minimum absolute atomic E-state index is 0.211. The van der Waals surface area contributed by atoms with Gasteiger partial charge in [0.2, 0.25) is 0 Å². The highest BCUT2D eigenvalue weighted by molar-refractivity contribution is 5.90. The largest absolute Gasteiger partial charge is 0.453 e. The Labute approximate surface area is 87.5 Å². The van der Waals surface area contributed by atoms with Crippen molar-refractivity contribution in [3.8, 4) is 0 Å². The third-order valence-electron chi connectivity index (χ3n) is 2.31. The van der Waals surface area contributed by atoms with Gasteiger partial charge in [-0.25, -0.2) is 5.84 Å². The van der Waals surface area contributed by atoms with E-state index in [-0.39, 0.29) is 5.76 Å². The van der Waals surface area contributed by atoms with Crippen LogP contribution in [0.2, 0.25) is 0 Å². The van der Waals surface area contributed by atoms with E-state index >= 15 is 0 Å². The fraction of sp³-hybridized carbons (Fsp3) is 0.500. The van der Waals surface area contributed by atoms with E-state index in [1.165, 1.54) is 12.8 Å². The van der Waals surface area contributed by atoms with E-state index in [0.29, 0.717) is 12.4 Å². The third-order valence-corrected chi connectivity index (χ3v) is 2.31. The molecule has 0 bridgehead atoms. The number of carbonyl (C=O) groups is 1. The molecule has 1 amide bonds. The summed E-state index contributed by atoms with van der Waals surface area (Å²) in [5, 5.41) is 0. The SMILES string of the molecule is NNC(=O)c1ccc(COCC2CC2)o1. The van der Waals surface area contributed by atoms with Crippen molar-refractivity contribution in [3.63, 3.8) is 0 Å². The lowest BCUT2D eigenvalue weighted by Gasteiger charge is -1.99. The summed E-state index contributed by atoms with van der Waals surface area (Å²) in [5.74, 6) is 6.13. The predicted molar refractivity (Wildman–Crippen MR) is 52.7 cm³/mol. The van der Waals surface area contributed by atoms with Gasteiger partial charge in [-0.3, -0.25) is 10.2 Å². The lowest BCUT2D eigenvalue weighted by Crippen LogP contribution is -2.29. The monoisotopic (exact) mass is 210 g/mol. The molecule has 0 aromatic carbocycles. The minimum Gasteiger partial charge on any atom is -0.453 e. The molecular weight excluding hydrogens is 196 g/mol. The molecule has 0 saturated heterocycles.